The summed E-state index contributed by atoms with van der Waals surface area (Å²) in [5, 5.41) is 28.3. The zero-order valence-electron chi connectivity index (χ0n) is 23.0. The lowest BCUT2D eigenvalue weighted by Crippen LogP contribution is -2.53. The minimum atomic E-state index is -1.38. The molecule has 0 heterocycles. The Morgan fingerprint density at radius 2 is 1.44 bits per heavy atom. The van der Waals surface area contributed by atoms with Gasteiger partial charge in [-0.15, -0.1) is 0 Å². The third kappa shape index (κ3) is 12.4. The number of hydrogen-bond donors (Lipinski definition) is 5. The van der Waals surface area contributed by atoms with Crippen LogP contribution in [0.1, 0.15) is 49.7 Å². The smallest absolute Gasteiger partial charge is 0.323 e. The predicted molar refractivity (Wildman–Crippen MR) is 153 cm³/mol. The van der Waals surface area contributed by atoms with Gasteiger partial charge in [-0.2, -0.15) is 0 Å². The maximum absolute atomic E-state index is 13.6. The van der Waals surface area contributed by atoms with Crippen molar-refractivity contribution in [2.75, 3.05) is 19.6 Å². The molecule has 7 N–H and O–H groups in total. The van der Waals surface area contributed by atoms with Gasteiger partial charge in [0.2, 0.25) is 11.8 Å². The summed E-state index contributed by atoms with van der Waals surface area (Å²) in [5.74, 6) is -4.00. The topological polar surface area (TPSA) is 200 Å². The molecule has 1 atom stereocenters. The van der Waals surface area contributed by atoms with E-state index in [0.717, 1.165) is 19.3 Å². The maximum Gasteiger partial charge on any atom is 0.323 e. The van der Waals surface area contributed by atoms with E-state index in [4.69, 9.17) is 11.5 Å². The summed E-state index contributed by atoms with van der Waals surface area (Å²) >= 11 is 0. The highest BCUT2D eigenvalue weighted by Crippen LogP contribution is 2.20. The average molecular weight is 570 g/mol. The maximum atomic E-state index is 13.6. The molecule has 0 aliphatic carbocycles. The molecule has 0 aliphatic rings. The Kier molecular flexibility index (Phi) is 13.6. The van der Waals surface area contributed by atoms with Crippen LogP contribution >= 0.6 is 0 Å². The summed E-state index contributed by atoms with van der Waals surface area (Å²) in [6, 6.07) is 15.0. The molecule has 0 bridgehead atoms. The first-order chi connectivity index (χ1) is 19.6. The predicted octanol–water partition coefficient (Wildman–Crippen LogP) is 1.94. The quantitative estimate of drug-likeness (QED) is 0.101. The Balaban J connectivity index is 2.28. The van der Waals surface area contributed by atoms with Gasteiger partial charge >= 0.3 is 11.9 Å². The number of carboxylic acid groups (broad SMARTS) is 2. The minimum absolute atomic E-state index is 0.00415. The third-order valence-electron chi connectivity index (χ3n) is 6.36. The van der Waals surface area contributed by atoms with Gasteiger partial charge in [0.05, 0.1) is 0 Å². The van der Waals surface area contributed by atoms with Gasteiger partial charge in [-0.1, -0.05) is 48.9 Å². The van der Waals surface area contributed by atoms with Crippen molar-refractivity contribution < 1.29 is 34.5 Å². The van der Waals surface area contributed by atoms with Gasteiger partial charge in [-0.25, -0.2) is 0 Å². The molecule has 2 aromatic rings. The van der Waals surface area contributed by atoms with Crippen LogP contribution in [0.4, 0.5) is 0 Å². The van der Waals surface area contributed by atoms with Gasteiger partial charge in [0.1, 0.15) is 24.9 Å². The first-order valence-electron chi connectivity index (χ1n) is 13.5. The molecule has 222 valence electrons. The molecule has 0 radical (unpaired) electrons. The third-order valence-corrected chi connectivity index (χ3v) is 6.36. The normalized spacial score (nSPS) is 11.3. The van der Waals surface area contributed by atoms with E-state index < -0.39 is 37.0 Å². The number of phenols is 1. The number of nitrogens with two attached hydrogens (primary N) is 2. The fourth-order valence-electron chi connectivity index (χ4n) is 4.40. The molecule has 0 unspecified atom stereocenters. The highest BCUT2D eigenvalue weighted by molar-refractivity contribution is 5.91. The molecule has 2 amide bonds. The zero-order chi connectivity index (χ0) is 30.2. The number of amides is 2. The standard InChI is InChI=1S/C29H39N5O7/c30-29(31)32-17-7-11-24(28(41)33(19-26(37)38)20-27(39)40)34(18-22-13-15-23(35)16-14-22)25(36)12-6-2-5-10-21-8-3-1-4-9-21/h1,3-4,8-9,13-16,24,35H,2,5-7,10-12,17-20H2,(H,37,38)(H,39,40)(H4,30,31,32)/t24-/m1/s1. The molecule has 0 aliphatic heterocycles. The summed E-state index contributed by atoms with van der Waals surface area (Å²) in [4.78, 5) is 56.1. The van der Waals surface area contributed by atoms with Gasteiger partial charge < -0.3 is 36.6 Å². The van der Waals surface area contributed by atoms with Crippen LogP contribution in [0, 0.1) is 0 Å². The van der Waals surface area contributed by atoms with Gasteiger partial charge in [-0.3, -0.25) is 24.2 Å². The van der Waals surface area contributed by atoms with Gasteiger partial charge in [0, 0.05) is 19.5 Å². The number of aliphatic carboxylic acids is 2. The van der Waals surface area contributed by atoms with Crippen molar-refractivity contribution in [2.45, 2.75) is 57.5 Å². The number of unbranched alkanes of at least 4 members (excludes halogenated alkanes) is 2. The van der Waals surface area contributed by atoms with Gasteiger partial charge in [0.25, 0.3) is 0 Å². The fourth-order valence-corrected chi connectivity index (χ4v) is 4.40. The second kappa shape index (κ2) is 17.2. The number of phenolic OH excluding ortho intramolecular Hbond substituents is 1. The van der Waals surface area contributed by atoms with E-state index in [1.807, 2.05) is 30.3 Å². The van der Waals surface area contributed by atoms with Crippen LogP contribution in [0.25, 0.3) is 0 Å². The summed E-state index contributed by atoms with van der Waals surface area (Å²) < 4.78 is 0. The van der Waals surface area contributed by atoms with E-state index in [1.165, 1.54) is 22.6 Å². The van der Waals surface area contributed by atoms with Crippen LogP contribution < -0.4 is 11.5 Å². The summed E-state index contributed by atoms with van der Waals surface area (Å²) in [6.07, 6.45) is 3.59. The summed E-state index contributed by atoms with van der Waals surface area (Å²) in [7, 11) is 0. The molecule has 2 aromatic carbocycles. The molecule has 0 saturated carbocycles. The van der Waals surface area contributed by atoms with Gasteiger partial charge in [-0.05, 0) is 55.4 Å². The Bertz CT molecular complexity index is 1150. The highest BCUT2D eigenvalue weighted by Gasteiger charge is 2.34. The number of aromatic hydroxyl groups is 1. The second-order valence-electron chi connectivity index (χ2n) is 9.68. The number of benzene rings is 2. The second-order valence-corrected chi connectivity index (χ2v) is 9.68. The van der Waals surface area contributed by atoms with Gasteiger partial charge in [0.15, 0.2) is 5.96 Å². The monoisotopic (exact) mass is 569 g/mol. The molecule has 2 rings (SSSR count). The molecular weight excluding hydrogens is 530 g/mol. The van der Waals surface area contributed by atoms with Crippen molar-refractivity contribution in [3.63, 3.8) is 0 Å². The number of guanidine groups is 1. The lowest BCUT2D eigenvalue weighted by Gasteiger charge is -2.34. The van der Waals surface area contributed by atoms with Crippen LogP contribution in [0.3, 0.4) is 0 Å². The lowest BCUT2D eigenvalue weighted by molar-refractivity contribution is -0.154. The lowest BCUT2D eigenvalue weighted by atomic mass is 10.0. The van der Waals surface area contributed by atoms with Crippen molar-refractivity contribution >= 4 is 29.7 Å². The van der Waals surface area contributed by atoms with Crippen molar-refractivity contribution in [1.82, 2.24) is 9.80 Å². The molecule has 12 nitrogen and oxygen atoms in total. The number of carboxylic acids is 2. The van der Waals surface area contributed by atoms with Crippen LogP contribution in [0.5, 0.6) is 5.75 Å². The van der Waals surface area contributed by atoms with E-state index in [0.29, 0.717) is 16.9 Å². The van der Waals surface area contributed by atoms with E-state index in [9.17, 15) is 34.5 Å². The Labute approximate surface area is 239 Å². The van der Waals surface area contributed by atoms with Crippen LogP contribution in [-0.2, 0) is 32.1 Å². The minimum Gasteiger partial charge on any atom is -0.508 e. The number of carbonyl (C=O) groups is 4. The summed E-state index contributed by atoms with van der Waals surface area (Å²) in [5.41, 5.74) is 12.6. The Hall–Kier alpha value is -4.61. The van der Waals surface area contributed by atoms with E-state index >= 15 is 0 Å². The number of aryl methyl sites for hydroxylation is 1. The molecular formula is C29H39N5O7. The van der Waals surface area contributed by atoms with Crippen molar-refractivity contribution in [1.29, 1.82) is 0 Å². The number of hydrogen-bond acceptors (Lipinski definition) is 6. The number of aliphatic imine (C=N–C) groups is 1. The molecule has 0 aromatic heterocycles. The van der Waals surface area contributed by atoms with Crippen LogP contribution in [0.2, 0.25) is 0 Å². The first-order valence-corrected chi connectivity index (χ1v) is 13.5. The molecule has 41 heavy (non-hydrogen) atoms. The fraction of sp³-hybridized carbons (Fsp3) is 0.414. The summed E-state index contributed by atoms with van der Waals surface area (Å²) in [6.45, 7) is -1.52. The molecule has 0 spiro atoms. The van der Waals surface area contributed by atoms with E-state index in [1.54, 1.807) is 12.1 Å². The number of nitrogens with zero attached hydrogens (tertiary/aromatic N) is 3. The van der Waals surface area contributed by atoms with E-state index in [2.05, 4.69) is 4.99 Å². The number of rotatable bonds is 18. The van der Waals surface area contributed by atoms with Crippen LogP contribution in [-0.4, -0.2) is 80.5 Å². The van der Waals surface area contributed by atoms with E-state index in [-0.39, 0.29) is 50.0 Å². The molecule has 12 heteroatoms. The van der Waals surface area contributed by atoms with Crippen molar-refractivity contribution in [3.05, 3.63) is 65.7 Å². The highest BCUT2D eigenvalue weighted by atomic mass is 16.4. The SMILES string of the molecule is NC(N)=NCCC[C@H](C(=O)N(CC(=O)O)CC(=O)O)N(Cc1ccc(O)cc1)C(=O)CCCCCc1ccccc1. The number of carbonyl (C=O) groups excluding carboxylic acids is 2. The Morgan fingerprint density at radius 3 is 2.02 bits per heavy atom. The van der Waals surface area contributed by atoms with Crippen molar-refractivity contribution in [2.24, 2.45) is 16.5 Å². The zero-order valence-corrected chi connectivity index (χ0v) is 23.0. The van der Waals surface area contributed by atoms with Crippen molar-refractivity contribution in [3.8, 4) is 5.75 Å². The molecule has 0 saturated heterocycles. The Morgan fingerprint density at radius 1 is 0.805 bits per heavy atom. The van der Waals surface area contributed by atoms with Crippen LogP contribution in [0.15, 0.2) is 59.6 Å². The largest absolute Gasteiger partial charge is 0.508 e. The first kappa shape index (κ1) is 32.6. The molecule has 0 fully saturated rings. The average Bonchev–Trinajstić information content (AvgIpc) is 2.92.